The lowest BCUT2D eigenvalue weighted by atomic mass is 9.98. The molecule has 198 valence electrons. The summed E-state index contributed by atoms with van der Waals surface area (Å²) in [7, 11) is 0. The van der Waals surface area contributed by atoms with Crippen molar-refractivity contribution in [3.05, 3.63) is 152 Å². The second-order valence-electron chi connectivity index (χ2n) is 9.85. The molecule has 5 nitrogen and oxygen atoms in total. The zero-order chi connectivity index (χ0) is 28.1. The summed E-state index contributed by atoms with van der Waals surface area (Å²) in [5.41, 5.74) is 8.65. The molecule has 7 aromatic rings. The Kier molecular flexibility index (Phi) is 6.81. The maximum Gasteiger partial charge on any atom is 0.164 e. The zero-order valence-electron chi connectivity index (χ0n) is 22.7. The van der Waals surface area contributed by atoms with Crippen molar-refractivity contribution in [1.82, 2.24) is 24.9 Å². The molecule has 0 atom stereocenters. The van der Waals surface area contributed by atoms with E-state index in [4.69, 9.17) is 19.9 Å². The van der Waals surface area contributed by atoms with Gasteiger partial charge in [-0.3, -0.25) is 4.98 Å². The van der Waals surface area contributed by atoms with Crippen molar-refractivity contribution in [2.75, 3.05) is 0 Å². The van der Waals surface area contributed by atoms with Crippen molar-refractivity contribution in [3.63, 3.8) is 0 Å². The molecule has 0 fully saturated rings. The smallest absolute Gasteiger partial charge is 0.164 e. The van der Waals surface area contributed by atoms with Gasteiger partial charge < -0.3 is 0 Å². The van der Waals surface area contributed by atoms with Crippen LogP contribution in [0.5, 0.6) is 0 Å². The minimum absolute atomic E-state index is 0.596. The fraction of sp³-hybridized carbons (Fsp3) is 0. The van der Waals surface area contributed by atoms with Crippen LogP contribution in [0.25, 0.3) is 67.8 Å². The highest BCUT2D eigenvalue weighted by molar-refractivity contribution is 5.80. The minimum atomic E-state index is 0.596. The first-order valence-electron chi connectivity index (χ1n) is 13.8. The van der Waals surface area contributed by atoms with Crippen LogP contribution in [-0.2, 0) is 0 Å². The van der Waals surface area contributed by atoms with Crippen LogP contribution >= 0.6 is 0 Å². The summed E-state index contributed by atoms with van der Waals surface area (Å²) in [6.45, 7) is 0. The molecule has 0 aliphatic heterocycles. The second kappa shape index (κ2) is 11.4. The van der Waals surface area contributed by atoms with Gasteiger partial charge in [-0.15, -0.1) is 0 Å². The third-order valence-electron chi connectivity index (χ3n) is 7.02. The Labute approximate surface area is 244 Å². The van der Waals surface area contributed by atoms with Gasteiger partial charge in [0.15, 0.2) is 17.5 Å². The first kappa shape index (κ1) is 25.2. The molecule has 4 aromatic carbocycles. The molecule has 0 amide bonds. The standard InChI is InChI=1S/C37H25N5/c1-4-11-27(12-5-1)33-17-10-18-34(39-33)31-23-30(26-19-21-38-22-20-26)24-32(25-31)37-41-35(28-13-6-2-7-14-28)40-36(42-37)29-15-8-3-9-16-29/h1-25H. The van der Waals surface area contributed by atoms with Crippen LogP contribution in [0, 0.1) is 0 Å². The molecule has 0 radical (unpaired) electrons. The van der Waals surface area contributed by atoms with Gasteiger partial charge >= 0.3 is 0 Å². The molecule has 0 saturated carbocycles. The largest absolute Gasteiger partial charge is 0.265 e. The van der Waals surface area contributed by atoms with E-state index in [1.165, 1.54) is 0 Å². The number of hydrogen-bond donors (Lipinski definition) is 0. The van der Waals surface area contributed by atoms with Gasteiger partial charge in [0.05, 0.1) is 11.4 Å². The number of hydrogen-bond acceptors (Lipinski definition) is 5. The molecular weight excluding hydrogens is 514 g/mol. The van der Waals surface area contributed by atoms with Crippen molar-refractivity contribution in [2.24, 2.45) is 0 Å². The molecule has 0 aliphatic rings. The van der Waals surface area contributed by atoms with Crippen molar-refractivity contribution in [1.29, 1.82) is 0 Å². The average molecular weight is 540 g/mol. The molecule has 0 unspecified atom stereocenters. The molecule has 0 N–H and O–H groups in total. The molecule has 0 spiro atoms. The predicted molar refractivity (Wildman–Crippen MR) is 168 cm³/mol. The lowest BCUT2D eigenvalue weighted by molar-refractivity contribution is 1.07. The van der Waals surface area contributed by atoms with Crippen LogP contribution in [0.4, 0.5) is 0 Å². The van der Waals surface area contributed by atoms with E-state index in [1.54, 1.807) is 12.4 Å². The summed E-state index contributed by atoms with van der Waals surface area (Å²) in [5, 5.41) is 0. The Morgan fingerprint density at radius 3 is 1.31 bits per heavy atom. The van der Waals surface area contributed by atoms with Crippen molar-refractivity contribution in [2.45, 2.75) is 0 Å². The highest BCUT2D eigenvalue weighted by atomic mass is 15.0. The summed E-state index contributed by atoms with van der Waals surface area (Å²) in [5.74, 6) is 1.85. The number of benzene rings is 4. The number of rotatable bonds is 6. The fourth-order valence-electron chi connectivity index (χ4n) is 4.92. The Morgan fingerprint density at radius 2 is 0.738 bits per heavy atom. The van der Waals surface area contributed by atoms with Crippen molar-refractivity contribution in [3.8, 4) is 67.8 Å². The van der Waals surface area contributed by atoms with Crippen LogP contribution in [0.3, 0.4) is 0 Å². The Morgan fingerprint density at radius 1 is 0.286 bits per heavy atom. The number of pyridine rings is 2. The molecule has 42 heavy (non-hydrogen) atoms. The van der Waals surface area contributed by atoms with E-state index < -0.39 is 0 Å². The summed E-state index contributed by atoms with van der Waals surface area (Å²) < 4.78 is 0. The maximum atomic E-state index is 5.05. The van der Waals surface area contributed by atoms with Crippen LogP contribution in [0.1, 0.15) is 0 Å². The first-order valence-corrected chi connectivity index (χ1v) is 13.8. The van der Waals surface area contributed by atoms with Gasteiger partial charge in [-0.2, -0.15) is 0 Å². The molecule has 3 heterocycles. The van der Waals surface area contributed by atoms with E-state index in [1.807, 2.05) is 109 Å². The number of nitrogens with zero attached hydrogens (tertiary/aromatic N) is 5. The molecule has 5 heteroatoms. The molecule has 7 rings (SSSR count). The van der Waals surface area contributed by atoms with Crippen molar-refractivity contribution >= 4 is 0 Å². The van der Waals surface area contributed by atoms with Gasteiger partial charge in [0, 0.05) is 40.2 Å². The van der Waals surface area contributed by atoms with Gasteiger partial charge in [0.25, 0.3) is 0 Å². The molecule has 0 aliphatic carbocycles. The first-order chi connectivity index (χ1) is 20.8. The van der Waals surface area contributed by atoms with Gasteiger partial charge in [-0.05, 0) is 53.6 Å². The van der Waals surface area contributed by atoms with E-state index in [2.05, 4.69) is 35.3 Å². The van der Waals surface area contributed by atoms with E-state index in [0.717, 1.165) is 50.3 Å². The predicted octanol–water partition coefficient (Wildman–Crippen LogP) is 8.66. The van der Waals surface area contributed by atoms with E-state index in [-0.39, 0.29) is 0 Å². The fourth-order valence-corrected chi connectivity index (χ4v) is 4.92. The normalized spacial score (nSPS) is 10.9. The topological polar surface area (TPSA) is 64.5 Å². The quantitative estimate of drug-likeness (QED) is 0.212. The summed E-state index contributed by atoms with van der Waals surface area (Å²) in [6.07, 6.45) is 3.61. The molecular formula is C37H25N5. The van der Waals surface area contributed by atoms with Gasteiger partial charge in [0.1, 0.15) is 0 Å². The zero-order valence-corrected chi connectivity index (χ0v) is 22.7. The van der Waals surface area contributed by atoms with Crippen molar-refractivity contribution < 1.29 is 0 Å². The second-order valence-corrected chi connectivity index (χ2v) is 9.85. The Bertz CT molecular complexity index is 1900. The molecule has 0 bridgehead atoms. The Hall–Kier alpha value is -5.81. The highest BCUT2D eigenvalue weighted by Gasteiger charge is 2.15. The van der Waals surface area contributed by atoms with Crippen LogP contribution in [0.2, 0.25) is 0 Å². The molecule has 0 saturated heterocycles. The lowest BCUT2D eigenvalue weighted by Gasteiger charge is -2.12. The minimum Gasteiger partial charge on any atom is -0.265 e. The molecule has 3 aromatic heterocycles. The van der Waals surface area contributed by atoms with E-state index >= 15 is 0 Å². The summed E-state index contributed by atoms with van der Waals surface area (Å²) >= 11 is 0. The third-order valence-corrected chi connectivity index (χ3v) is 7.02. The third kappa shape index (κ3) is 5.31. The van der Waals surface area contributed by atoms with Gasteiger partial charge in [0.2, 0.25) is 0 Å². The monoisotopic (exact) mass is 539 g/mol. The van der Waals surface area contributed by atoms with Gasteiger partial charge in [-0.1, -0.05) is 97.1 Å². The highest BCUT2D eigenvalue weighted by Crippen LogP contribution is 2.33. The lowest BCUT2D eigenvalue weighted by Crippen LogP contribution is -2.00. The van der Waals surface area contributed by atoms with Crippen LogP contribution in [0.15, 0.2) is 152 Å². The maximum absolute atomic E-state index is 5.05. The summed E-state index contributed by atoms with van der Waals surface area (Å²) in [6, 6.07) is 46.8. The Balaban J connectivity index is 1.43. The van der Waals surface area contributed by atoms with Gasteiger partial charge in [-0.25, -0.2) is 19.9 Å². The summed E-state index contributed by atoms with van der Waals surface area (Å²) in [4.78, 5) is 24.1. The van der Waals surface area contributed by atoms with Crippen LogP contribution in [-0.4, -0.2) is 24.9 Å². The number of aromatic nitrogens is 5. The van der Waals surface area contributed by atoms with E-state index in [9.17, 15) is 0 Å². The SMILES string of the molecule is c1ccc(-c2cccc(-c3cc(-c4ccncc4)cc(-c4nc(-c5ccccc5)nc(-c5ccccc5)n4)c3)n2)cc1. The average Bonchev–Trinajstić information content (AvgIpc) is 3.09. The van der Waals surface area contributed by atoms with E-state index in [0.29, 0.717) is 17.5 Å². The van der Waals surface area contributed by atoms with Crippen LogP contribution < -0.4 is 0 Å².